The second kappa shape index (κ2) is 3.04. The number of phenolic OH excluding ortho intramolecular Hbond substituents is 1. The minimum Gasteiger partial charge on any atom is -0.507 e. The molecule has 0 unspecified atom stereocenters. The molecule has 0 aliphatic heterocycles. The SMILES string of the molecule is O=[N+]([O-])c1ccc(O)c(I)c1. The van der Waals surface area contributed by atoms with Gasteiger partial charge < -0.3 is 5.11 Å². The van der Waals surface area contributed by atoms with Crippen molar-refractivity contribution in [1.29, 1.82) is 0 Å². The Morgan fingerprint density at radius 2 is 2.18 bits per heavy atom. The van der Waals surface area contributed by atoms with Gasteiger partial charge in [0, 0.05) is 12.1 Å². The standard InChI is InChI=1S/C6H4INO3/c7-5-3-4(8(10)11)1-2-6(5)9/h1-3,9H. The number of hydrogen-bond donors (Lipinski definition) is 1. The summed E-state index contributed by atoms with van der Waals surface area (Å²) < 4.78 is 0.483. The first kappa shape index (κ1) is 8.25. The summed E-state index contributed by atoms with van der Waals surface area (Å²) in [7, 11) is 0. The van der Waals surface area contributed by atoms with Crippen molar-refractivity contribution in [3.05, 3.63) is 31.9 Å². The first-order valence-electron chi connectivity index (χ1n) is 2.74. The molecule has 0 radical (unpaired) electrons. The van der Waals surface area contributed by atoms with E-state index >= 15 is 0 Å². The lowest BCUT2D eigenvalue weighted by Gasteiger charge is -1.94. The van der Waals surface area contributed by atoms with E-state index in [9.17, 15) is 10.1 Å². The molecule has 0 heterocycles. The van der Waals surface area contributed by atoms with Crippen LogP contribution in [0.25, 0.3) is 0 Å². The fourth-order valence-corrected chi connectivity index (χ4v) is 1.11. The number of benzene rings is 1. The van der Waals surface area contributed by atoms with E-state index in [2.05, 4.69) is 0 Å². The quantitative estimate of drug-likeness (QED) is 0.479. The maximum Gasteiger partial charge on any atom is 0.270 e. The summed E-state index contributed by atoms with van der Waals surface area (Å²) in [6.45, 7) is 0. The molecule has 0 amide bonds. The molecule has 4 nitrogen and oxygen atoms in total. The molecule has 0 saturated carbocycles. The lowest BCUT2D eigenvalue weighted by Crippen LogP contribution is -1.87. The molecule has 1 aromatic carbocycles. The Kier molecular flexibility index (Phi) is 2.28. The maximum atomic E-state index is 10.2. The van der Waals surface area contributed by atoms with Crippen LogP contribution in [0.5, 0.6) is 5.75 Å². The molecule has 0 aliphatic rings. The summed E-state index contributed by atoms with van der Waals surface area (Å²) in [6.07, 6.45) is 0. The number of halogens is 1. The number of nitro groups is 1. The Bertz CT molecular complexity index is 300. The number of non-ortho nitro benzene ring substituents is 1. The fourth-order valence-electron chi connectivity index (χ4n) is 0.609. The normalized spacial score (nSPS) is 9.55. The molecule has 11 heavy (non-hydrogen) atoms. The first-order valence-corrected chi connectivity index (χ1v) is 3.82. The molecule has 0 aromatic heterocycles. The van der Waals surface area contributed by atoms with Crippen molar-refractivity contribution in [2.45, 2.75) is 0 Å². The molecular weight excluding hydrogens is 261 g/mol. The van der Waals surface area contributed by atoms with Crippen LogP contribution in [0.15, 0.2) is 18.2 Å². The van der Waals surface area contributed by atoms with Gasteiger partial charge in [0.05, 0.1) is 8.49 Å². The summed E-state index contributed by atoms with van der Waals surface area (Å²) in [5, 5.41) is 19.2. The average Bonchev–Trinajstić information content (AvgIpc) is 1.94. The van der Waals surface area contributed by atoms with Crippen molar-refractivity contribution in [1.82, 2.24) is 0 Å². The van der Waals surface area contributed by atoms with Crippen LogP contribution in [0.2, 0.25) is 0 Å². The Hall–Kier alpha value is -0.850. The van der Waals surface area contributed by atoms with Crippen molar-refractivity contribution >= 4 is 28.3 Å². The third-order valence-electron chi connectivity index (χ3n) is 1.14. The third-order valence-corrected chi connectivity index (χ3v) is 2.01. The Morgan fingerprint density at radius 1 is 1.55 bits per heavy atom. The second-order valence-electron chi connectivity index (χ2n) is 1.89. The van der Waals surface area contributed by atoms with Crippen molar-refractivity contribution < 1.29 is 10.0 Å². The molecule has 1 aromatic rings. The van der Waals surface area contributed by atoms with E-state index in [0.29, 0.717) is 3.57 Å². The second-order valence-corrected chi connectivity index (χ2v) is 3.06. The summed E-state index contributed by atoms with van der Waals surface area (Å²) >= 11 is 1.83. The highest BCUT2D eigenvalue weighted by atomic mass is 127. The molecule has 0 saturated heterocycles. The van der Waals surface area contributed by atoms with Crippen LogP contribution in [0.1, 0.15) is 0 Å². The maximum absolute atomic E-state index is 10.2. The van der Waals surface area contributed by atoms with Gasteiger partial charge in [0.1, 0.15) is 5.75 Å². The predicted molar refractivity (Wildman–Crippen MR) is 47.5 cm³/mol. The van der Waals surface area contributed by atoms with E-state index in [-0.39, 0.29) is 11.4 Å². The lowest BCUT2D eigenvalue weighted by atomic mass is 10.3. The van der Waals surface area contributed by atoms with E-state index in [0.717, 1.165) is 0 Å². The van der Waals surface area contributed by atoms with Crippen LogP contribution in [-0.4, -0.2) is 10.0 Å². The molecule has 0 spiro atoms. The van der Waals surface area contributed by atoms with E-state index in [1.54, 1.807) is 0 Å². The Labute approximate surface area is 76.1 Å². The van der Waals surface area contributed by atoms with E-state index < -0.39 is 4.92 Å². The number of nitrogens with zero attached hydrogens (tertiary/aromatic N) is 1. The highest BCUT2D eigenvalue weighted by molar-refractivity contribution is 14.1. The van der Waals surface area contributed by atoms with Gasteiger partial charge in [-0.1, -0.05) is 0 Å². The zero-order chi connectivity index (χ0) is 8.43. The number of nitro benzene ring substituents is 1. The van der Waals surface area contributed by atoms with E-state index in [1.807, 2.05) is 22.6 Å². The Balaban J connectivity index is 3.15. The van der Waals surface area contributed by atoms with Gasteiger partial charge >= 0.3 is 0 Å². The van der Waals surface area contributed by atoms with Crippen molar-refractivity contribution in [3.63, 3.8) is 0 Å². The number of hydrogen-bond acceptors (Lipinski definition) is 3. The van der Waals surface area contributed by atoms with Gasteiger partial charge in [-0.2, -0.15) is 0 Å². The van der Waals surface area contributed by atoms with Crippen LogP contribution in [0, 0.1) is 13.7 Å². The van der Waals surface area contributed by atoms with E-state index in [4.69, 9.17) is 5.11 Å². The summed E-state index contributed by atoms with van der Waals surface area (Å²) in [6, 6.07) is 3.88. The largest absolute Gasteiger partial charge is 0.507 e. The zero-order valence-corrected chi connectivity index (χ0v) is 7.48. The average molecular weight is 265 g/mol. The number of phenols is 1. The lowest BCUT2D eigenvalue weighted by molar-refractivity contribution is -0.385. The molecule has 5 heteroatoms. The predicted octanol–water partition coefficient (Wildman–Crippen LogP) is 1.90. The van der Waals surface area contributed by atoms with Crippen LogP contribution in [-0.2, 0) is 0 Å². The molecule has 0 atom stereocenters. The molecule has 0 fully saturated rings. The third kappa shape index (κ3) is 1.79. The van der Waals surface area contributed by atoms with Crippen LogP contribution in [0.4, 0.5) is 5.69 Å². The molecule has 0 aliphatic carbocycles. The van der Waals surface area contributed by atoms with Crippen molar-refractivity contribution in [3.8, 4) is 5.75 Å². The minimum atomic E-state index is -0.498. The zero-order valence-electron chi connectivity index (χ0n) is 5.32. The van der Waals surface area contributed by atoms with Crippen LogP contribution < -0.4 is 0 Å². The number of aromatic hydroxyl groups is 1. The fraction of sp³-hybridized carbons (Fsp3) is 0. The summed E-state index contributed by atoms with van der Waals surface area (Å²) in [5.74, 6) is 0.0659. The highest BCUT2D eigenvalue weighted by Gasteiger charge is 2.06. The number of rotatable bonds is 1. The van der Waals surface area contributed by atoms with Gasteiger partial charge in [-0.15, -0.1) is 0 Å². The molecule has 1 N–H and O–H groups in total. The van der Waals surface area contributed by atoms with Gasteiger partial charge in [-0.25, -0.2) is 0 Å². The van der Waals surface area contributed by atoms with Gasteiger partial charge in [-0.05, 0) is 28.7 Å². The Morgan fingerprint density at radius 3 is 2.64 bits per heavy atom. The van der Waals surface area contributed by atoms with Crippen LogP contribution in [0.3, 0.4) is 0 Å². The minimum absolute atomic E-state index is 0.00722. The van der Waals surface area contributed by atoms with Gasteiger partial charge in [0.25, 0.3) is 5.69 Å². The van der Waals surface area contributed by atoms with Crippen molar-refractivity contribution in [2.24, 2.45) is 0 Å². The van der Waals surface area contributed by atoms with Crippen molar-refractivity contribution in [2.75, 3.05) is 0 Å². The summed E-state index contributed by atoms with van der Waals surface area (Å²) in [5.41, 5.74) is -0.00722. The molecular formula is C6H4INO3. The van der Waals surface area contributed by atoms with E-state index in [1.165, 1.54) is 18.2 Å². The molecule has 58 valence electrons. The monoisotopic (exact) mass is 265 g/mol. The molecule has 1 rings (SSSR count). The highest BCUT2D eigenvalue weighted by Crippen LogP contribution is 2.23. The van der Waals surface area contributed by atoms with Gasteiger partial charge in [0.15, 0.2) is 0 Å². The summed E-state index contributed by atoms with van der Waals surface area (Å²) in [4.78, 5) is 9.69. The smallest absolute Gasteiger partial charge is 0.270 e. The van der Waals surface area contributed by atoms with Gasteiger partial charge in [0.2, 0.25) is 0 Å². The first-order chi connectivity index (χ1) is 5.11. The van der Waals surface area contributed by atoms with Crippen LogP contribution >= 0.6 is 22.6 Å². The van der Waals surface area contributed by atoms with Gasteiger partial charge in [-0.3, -0.25) is 10.1 Å². The molecule has 0 bridgehead atoms. The topological polar surface area (TPSA) is 63.4 Å².